The Balaban J connectivity index is 4.87. The van der Waals surface area contributed by atoms with E-state index in [-0.39, 0.29) is 0 Å². The van der Waals surface area contributed by atoms with E-state index >= 15 is 0 Å². The Morgan fingerprint density at radius 1 is 1.67 bits per heavy atom. The first-order valence-electron chi connectivity index (χ1n) is 2.99. The third-order valence-corrected chi connectivity index (χ3v) is 1.40. The van der Waals surface area contributed by atoms with Crippen molar-refractivity contribution >= 4 is 5.71 Å². The van der Waals surface area contributed by atoms with Crippen LogP contribution >= 0.6 is 0 Å². The topological polar surface area (TPSA) is 75.7 Å². The molecule has 0 atom stereocenters. The summed E-state index contributed by atoms with van der Waals surface area (Å²) in [6.07, 6.45) is -3.13. The van der Waals surface area contributed by atoms with E-state index in [1.807, 2.05) is 0 Å². The maximum Gasteiger partial charge on any atom is 0.286 e. The quantitative estimate of drug-likeness (QED) is 0.307. The van der Waals surface area contributed by atoms with Gasteiger partial charge in [0.25, 0.3) is 12.0 Å². The Bertz CT molecular complexity index is 215. The van der Waals surface area contributed by atoms with Crippen molar-refractivity contribution in [3.63, 3.8) is 0 Å². The summed E-state index contributed by atoms with van der Waals surface area (Å²) in [6, 6.07) is 0. The molecule has 0 amide bonds. The standard InChI is InChI=1S/C5H8F2N2O3/c1-5(2,9(11)12)3(8-10)4(6)7/h4,10H,1-2H3/b8-3-. The predicted octanol–water partition coefficient (Wildman–Crippen LogP) is 1.14. The monoisotopic (exact) mass is 182 g/mol. The van der Waals surface area contributed by atoms with Crippen molar-refractivity contribution in [2.45, 2.75) is 25.8 Å². The Kier molecular flexibility index (Phi) is 3.06. The molecule has 0 bridgehead atoms. The molecule has 0 saturated heterocycles. The van der Waals surface area contributed by atoms with Gasteiger partial charge in [0.2, 0.25) is 0 Å². The minimum atomic E-state index is -3.13. The maximum atomic E-state index is 12.0. The smallest absolute Gasteiger partial charge is 0.286 e. The number of nitrogens with zero attached hydrogens (tertiary/aromatic N) is 2. The minimum absolute atomic E-state index is 0.936. The highest BCUT2D eigenvalue weighted by Crippen LogP contribution is 2.15. The van der Waals surface area contributed by atoms with Gasteiger partial charge in [0.15, 0.2) is 5.71 Å². The van der Waals surface area contributed by atoms with Gasteiger partial charge in [-0.3, -0.25) is 10.1 Å². The van der Waals surface area contributed by atoms with E-state index in [4.69, 9.17) is 5.21 Å². The number of hydrogen-bond donors (Lipinski definition) is 1. The molecule has 0 aromatic carbocycles. The van der Waals surface area contributed by atoms with E-state index in [2.05, 4.69) is 5.16 Å². The molecule has 70 valence electrons. The highest BCUT2D eigenvalue weighted by molar-refractivity contribution is 5.93. The van der Waals surface area contributed by atoms with Crippen molar-refractivity contribution < 1.29 is 18.9 Å². The second-order valence-electron chi connectivity index (χ2n) is 2.60. The molecular formula is C5H8F2N2O3. The molecule has 5 nitrogen and oxygen atoms in total. The normalized spacial score (nSPS) is 13.6. The van der Waals surface area contributed by atoms with Crippen LogP contribution in [0.4, 0.5) is 8.78 Å². The first-order chi connectivity index (χ1) is 5.34. The SMILES string of the molecule is CC(C)(/C(=N\O)C(F)F)[N+](=O)[O-]. The zero-order valence-corrected chi connectivity index (χ0v) is 6.49. The predicted molar refractivity (Wildman–Crippen MR) is 36.3 cm³/mol. The molecule has 1 N–H and O–H groups in total. The first kappa shape index (κ1) is 10.7. The van der Waals surface area contributed by atoms with Crippen molar-refractivity contribution in [2.24, 2.45) is 5.16 Å². The summed E-state index contributed by atoms with van der Waals surface area (Å²) in [5.41, 5.74) is -3.18. The van der Waals surface area contributed by atoms with E-state index in [9.17, 15) is 18.9 Å². The third-order valence-electron chi connectivity index (χ3n) is 1.40. The summed E-state index contributed by atoms with van der Waals surface area (Å²) >= 11 is 0. The van der Waals surface area contributed by atoms with Crippen molar-refractivity contribution in [1.29, 1.82) is 0 Å². The van der Waals surface area contributed by atoms with Crippen LogP contribution in [0.5, 0.6) is 0 Å². The molecule has 0 aliphatic carbocycles. The zero-order chi connectivity index (χ0) is 9.94. The molecule has 12 heavy (non-hydrogen) atoms. The molecule has 0 aromatic rings. The third kappa shape index (κ3) is 1.86. The maximum absolute atomic E-state index is 12.0. The summed E-state index contributed by atoms with van der Waals surface area (Å²) in [4.78, 5) is 9.27. The minimum Gasteiger partial charge on any atom is -0.411 e. The number of hydrogen-bond acceptors (Lipinski definition) is 4. The van der Waals surface area contributed by atoms with E-state index in [1.165, 1.54) is 0 Å². The summed E-state index contributed by atoms with van der Waals surface area (Å²) in [6.45, 7) is 1.88. The van der Waals surface area contributed by atoms with Gasteiger partial charge < -0.3 is 5.21 Å². The van der Waals surface area contributed by atoms with Gasteiger partial charge in [-0.1, -0.05) is 5.16 Å². The lowest BCUT2D eigenvalue weighted by Gasteiger charge is -2.15. The second-order valence-corrected chi connectivity index (χ2v) is 2.60. The average Bonchev–Trinajstić information content (AvgIpc) is 1.86. The summed E-state index contributed by atoms with van der Waals surface area (Å²) < 4.78 is 23.9. The number of nitro groups is 1. The summed E-state index contributed by atoms with van der Waals surface area (Å²) in [5, 5.41) is 20.5. The molecule has 0 rings (SSSR count). The van der Waals surface area contributed by atoms with Gasteiger partial charge in [0.1, 0.15) is 0 Å². The fourth-order valence-corrected chi connectivity index (χ4v) is 0.527. The lowest BCUT2D eigenvalue weighted by Crippen LogP contribution is -2.44. The fraction of sp³-hybridized carbons (Fsp3) is 0.800. The van der Waals surface area contributed by atoms with Crippen LogP contribution in [0.15, 0.2) is 5.16 Å². The highest BCUT2D eigenvalue weighted by Gasteiger charge is 2.43. The lowest BCUT2D eigenvalue weighted by molar-refractivity contribution is -0.538. The van der Waals surface area contributed by atoms with E-state index in [0.29, 0.717) is 0 Å². The van der Waals surface area contributed by atoms with E-state index < -0.39 is 22.6 Å². The number of halogens is 2. The van der Waals surface area contributed by atoms with Crippen LogP contribution in [-0.4, -0.2) is 27.8 Å². The molecule has 0 fully saturated rings. The zero-order valence-electron chi connectivity index (χ0n) is 6.49. The Labute approximate surface area is 66.8 Å². The van der Waals surface area contributed by atoms with E-state index in [1.54, 1.807) is 0 Å². The van der Waals surface area contributed by atoms with Crippen LogP contribution in [-0.2, 0) is 0 Å². The Morgan fingerprint density at radius 3 is 2.17 bits per heavy atom. The molecule has 0 heterocycles. The fourth-order valence-electron chi connectivity index (χ4n) is 0.527. The van der Waals surface area contributed by atoms with Crippen molar-refractivity contribution in [1.82, 2.24) is 0 Å². The molecule has 0 radical (unpaired) electrons. The number of rotatable bonds is 3. The van der Waals surface area contributed by atoms with Crippen molar-refractivity contribution in [3.05, 3.63) is 10.1 Å². The van der Waals surface area contributed by atoms with Crippen LogP contribution in [0, 0.1) is 10.1 Å². The summed E-state index contributed by atoms with van der Waals surface area (Å²) in [7, 11) is 0. The summed E-state index contributed by atoms with van der Waals surface area (Å²) in [5.74, 6) is 0. The van der Waals surface area contributed by atoms with E-state index in [0.717, 1.165) is 13.8 Å². The van der Waals surface area contributed by atoms with Gasteiger partial charge in [0.05, 0.1) is 0 Å². The molecular weight excluding hydrogens is 174 g/mol. The van der Waals surface area contributed by atoms with Gasteiger partial charge in [-0.15, -0.1) is 0 Å². The van der Waals surface area contributed by atoms with Gasteiger partial charge in [-0.2, -0.15) is 0 Å². The Hall–Kier alpha value is -1.27. The van der Waals surface area contributed by atoms with Crippen molar-refractivity contribution in [3.8, 4) is 0 Å². The number of alkyl halides is 2. The number of oxime groups is 1. The lowest BCUT2D eigenvalue weighted by atomic mass is 10.00. The molecule has 0 aliphatic rings. The molecule has 0 unspecified atom stereocenters. The van der Waals surface area contributed by atoms with Crippen molar-refractivity contribution in [2.75, 3.05) is 0 Å². The first-order valence-corrected chi connectivity index (χ1v) is 2.99. The molecule has 0 spiro atoms. The van der Waals surface area contributed by atoms with Crippen LogP contribution in [0.3, 0.4) is 0 Å². The largest absolute Gasteiger partial charge is 0.411 e. The molecule has 0 saturated carbocycles. The molecule has 0 aliphatic heterocycles. The molecule has 7 heteroatoms. The average molecular weight is 182 g/mol. The van der Waals surface area contributed by atoms with Crippen LogP contribution in [0.1, 0.15) is 13.8 Å². The van der Waals surface area contributed by atoms with Crippen LogP contribution in [0.2, 0.25) is 0 Å². The molecule has 0 aromatic heterocycles. The Morgan fingerprint density at radius 2 is 2.08 bits per heavy atom. The van der Waals surface area contributed by atoms with Gasteiger partial charge in [-0.05, 0) is 0 Å². The van der Waals surface area contributed by atoms with Crippen LogP contribution in [0.25, 0.3) is 0 Å². The van der Waals surface area contributed by atoms with Gasteiger partial charge in [0, 0.05) is 18.8 Å². The van der Waals surface area contributed by atoms with Crippen LogP contribution < -0.4 is 0 Å². The van der Waals surface area contributed by atoms with Gasteiger partial charge in [-0.25, -0.2) is 8.78 Å². The highest BCUT2D eigenvalue weighted by atomic mass is 19.3. The van der Waals surface area contributed by atoms with Gasteiger partial charge >= 0.3 is 0 Å². The second kappa shape index (κ2) is 3.42.